The number of rotatable bonds is 6. The molecule has 0 amide bonds. The standard InChI is InChI=1S/C17H20ClN5S/c1-4-8-23-16(13-7-5-6-12(2)9-13)20-21-17(23)24-11-15-19-10-14(18)22(15)3/h5-7,9-10H,4,8,11H2,1-3H3. The predicted molar refractivity (Wildman–Crippen MR) is 98.3 cm³/mol. The van der Waals surface area contributed by atoms with Gasteiger partial charge in [0.15, 0.2) is 11.0 Å². The largest absolute Gasteiger partial charge is 0.322 e. The molecule has 2 aromatic heterocycles. The van der Waals surface area contributed by atoms with Crippen LogP contribution >= 0.6 is 23.4 Å². The summed E-state index contributed by atoms with van der Waals surface area (Å²) in [5, 5.41) is 10.4. The van der Waals surface area contributed by atoms with E-state index < -0.39 is 0 Å². The van der Waals surface area contributed by atoms with Crippen LogP contribution in [-0.4, -0.2) is 24.3 Å². The zero-order valence-corrected chi connectivity index (χ0v) is 15.6. The molecule has 1 aromatic carbocycles. The minimum Gasteiger partial charge on any atom is -0.322 e. The van der Waals surface area contributed by atoms with E-state index in [0.717, 1.165) is 35.3 Å². The van der Waals surface area contributed by atoms with Gasteiger partial charge in [-0.25, -0.2) is 4.98 Å². The molecule has 24 heavy (non-hydrogen) atoms. The van der Waals surface area contributed by atoms with Crippen molar-refractivity contribution in [3.63, 3.8) is 0 Å². The number of imidazole rings is 1. The van der Waals surface area contributed by atoms with E-state index in [9.17, 15) is 0 Å². The van der Waals surface area contributed by atoms with E-state index >= 15 is 0 Å². The van der Waals surface area contributed by atoms with Crippen LogP contribution in [0, 0.1) is 6.92 Å². The lowest BCUT2D eigenvalue weighted by atomic mass is 10.1. The fraction of sp³-hybridized carbons (Fsp3) is 0.353. The molecule has 0 aliphatic heterocycles. The van der Waals surface area contributed by atoms with Crippen molar-refractivity contribution in [3.05, 3.63) is 47.0 Å². The summed E-state index contributed by atoms with van der Waals surface area (Å²) in [5.41, 5.74) is 2.32. The molecule has 0 N–H and O–H groups in total. The summed E-state index contributed by atoms with van der Waals surface area (Å²) in [7, 11) is 1.92. The second-order valence-electron chi connectivity index (χ2n) is 5.67. The predicted octanol–water partition coefficient (Wildman–Crippen LogP) is 4.34. The third-order valence-corrected chi connectivity index (χ3v) is 5.11. The second-order valence-corrected chi connectivity index (χ2v) is 7.00. The number of thioether (sulfide) groups is 1. The van der Waals surface area contributed by atoms with E-state index in [1.54, 1.807) is 18.0 Å². The van der Waals surface area contributed by atoms with E-state index in [-0.39, 0.29) is 0 Å². The number of aromatic nitrogens is 5. The average molecular weight is 362 g/mol. The maximum Gasteiger partial charge on any atom is 0.191 e. The average Bonchev–Trinajstić information content (AvgIpc) is 3.11. The molecule has 0 saturated carbocycles. The quantitative estimate of drug-likeness (QED) is 0.613. The number of hydrogen-bond acceptors (Lipinski definition) is 4. The Morgan fingerprint density at radius 1 is 1.25 bits per heavy atom. The Bertz CT molecular complexity index is 839. The van der Waals surface area contributed by atoms with Crippen molar-refractivity contribution < 1.29 is 0 Å². The van der Waals surface area contributed by atoms with Gasteiger partial charge in [0.25, 0.3) is 0 Å². The lowest BCUT2D eigenvalue weighted by Crippen LogP contribution is -2.03. The van der Waals surface area contributed by atoms with Gasteiger partial charge in [-0.05, 0) is 19.4 Å². The Hall–Kier alpha value is -1.79. The smallest absolute Gasteiger partial charge is 0.191 e. The minimum absolute atomic E-state index is 0.640. The van der Waals surface area contributed by atoms with Crippen LogP contribution in [0.2, 0.25) is 5.15 Å². The molecule has 0 unspecified atom stereocenters. The molecule has 0 radical (unpaired) electrons. The van der Waals surface area contributed by atoms with Gasteiger partial charge in [0.1, 0.15) is 11.0 Å². The molecule has 3 rings (SSSR count). The summed E-state index contributed by atoms with van der Waals surface area (Å²) in [5.74, 6) is 2.55. The first-order valence-corrected chi connectivity index (χ1v) is 9.25. The van der Waals surface area contributed by atoms with Crippen molar-refractivity contribution >= 4 is 23.4 Å². The van der Waals surface area contributed by atoms with Crippen molar-refractivity contribution in [2.45, 2.75) is 37.7 Å². The van der Waals surface area contributed by atoms with Crippen LogP contribution in [0.1, 0.15) is 24.7 Å². The SMILES string of the molecule is CCCn1c(SCc2ncc(Cl)n2C)nnc1-c1cccc(C)c1. The highest BCUT2D eigenvalue weighted by Gasteiger charge is 2.15. The van der Waals surface area contributed by atoms with E-state index in [2.05, 4.69) is 57.9 Å². The van der Waals surface area contributed by atoms with Crippen LogP contribution in [-0.2, 0) is 19.3 Å². The highest BCUT2D eigenvalue weighted by atomic mass is 35.5. The van der Waals surface area contributed by atoms with Crippen LogP contribution in [0.3, 0.4) is 0 Å². The van der Waals surface area contributed by atoms with Gasteiger partial charge in [-0.3, -0.25) is 0 Å². The molecule has 5 nitrogen and oxygen atoms in total. The Balaban J connectivity index is 1.87. The molecule has 126 valence electrons. The van der Waals surface area contributed by atoms with Crippen LogP contribution in [0.4, 0.5) is 0 Å². The maximum atomic E-state index is 6.05. The van der Waals surface area contributed by atoms with Crippen LogP contribution in [0.25, 0.3) is 11.4 Å². The number of hydrogen-bond donors (Lipinski definition) is 0. The number of nitrogens with zero attached hydrogens (tertiary/aromatic N) is 5. The molecule has 0 atom stereocenters. The molecular formula is C17H20ClN5S. The summed E-state index contributed by atoms with van der Waals surface area (Å²) < 4.78 is 4.07. The maximum absolute atomic E-state index is 6.05. The van der Waals surface area contributed by atoms with Gasteiger partial charge >= 0.3 is 0 Å². The molecule has 2 heterocycles. The van der Waals surface area contributed by atoms with Gasteiger partial charge < -0.3 is 9.13 Å². The summed E-state index contributed by atoms with van der Waals surface area (Å²) in [6.45, 7) is 5.14. The van der Waals surface area contributed by atoms with Gasteiger partial charge in [0.05, 0.1) is 11.9 Å². The lowest BCUT2D eigenvalue weighted by Gasteiger charge is -2.09. The number of aryl methyl sites for hydroxylation is 1. The first kappa shape index (κ1) is 17.0. The van der Waals surface area contributed by atoms with E-state index in [1.807, 2.05) is 11.6 Å². The molecule has 0 spiro atoms. The van der Waals surface area contributed by atoms with Crippen LogP contribution < -0.4 is 0 Å². The molecule has 0 aliphatic rings. The first-order valence-electron chi connectivity index (χ1n) is 7.89. The Morgan fingerprint density at radius 2 is 2.08 bits per heavy atom. The van der Waals surface area contributed by atoms with Gasteiger partial charge in [-0.15, -0.1) is 10.2 Å². The zero-order valence-electron chi connectivity index (χ0n) is 14.0. The molecule has 7 heteroatoms. The van der Waals surface area contributed by atoms with Gasteiger partial charge in [-0.1, -0.05) is 54.0 Å². The molecule has 3 aromatic rings. The minimum atomic E-state index is 0.640. The van der Waals surface area contributed by atoms with E-state index in [0.29, 0.717) is 10.9 Å². The van der Waals surface area contributed by atoms with Gasteiger partial charge in [-0.2, -0.15) is 0 Å². The summed E-state index contributed by atoms with van der Waals surface area (Å²) in [6.07, 6.45) is 2.70. The van der Waals surface area contributed by atoms with E-state index in [4.69, 9.17) is 11.6 Å². The van der Waals surface area contributed by atoms with Crippen molar-refractivity contribution in [2.24, 2.45) is 7.05 Å². The van der Waals surface area contributed by atoms with Crippen LogP contribution in [0.15, 0.2) is 35.6 Å². The van der Waals surface area contributed by atoms with Crippen molar-refractivity contribution in [3.8, 4) is 11.4 Å². The molecule has 0 bridgehead atoms. The Labute approximate surface area is 151 Å². The lowest BCUT2D eigenvalue weighted by molar-refractivity contribution is 0.626. The third-order valence-electron chi connectivity index (χ3n) is 3.80. The zero-order chi connectivity index (χ0) is 17.1. The number of benzene rings is 1. The second kappa shape index (κ2) is 7.40. The fourth-order valence-corrected chi connectivity index (χ4v) is 3.61. The summed E-state index contributed by atoms with van der Waals surface area (Å²) in [6, 6.07) is 8.36. The Morgan fingerprint density at radius 3 is 2.75 bits per heavy atom. The van der Waals surface area contributed by atoms with Gasteiger partial charge in [0.2, 0.25) is 0 Å². The molecule has 0 saturated heterocycles. The number of halogens is 1. The van der Waals surface area contributed by atoms with Crippen molar-refractivity contribution in [1.82, 2.24) is 24.3 Å². The van der Waals surface area contributed by atoms with Crippen LogP contribution in [0.5, 0.6) is 0 Å². The van der Waals surface area contributed by atoms with Gasteiger partial charge in [0, 0.05) is 19.2 Å². The normalized spacial score (nSPS) is 11.2. The summed E-state index contributed by atoms with van der Waals surface area (Å²) in [4.78, 5) is 4.34. The highest BCUT2D eigenvalue weighted by molar-refractivity contribution is 7.98. The van der Waals surface area contributed by atoms with Crippen molar-refractivity contribution in [1.29, 1.82) is 0 Å². The van der Waals surface area contributed by atoms with E-state index in [1.165, 1.54) is 5.56 Å². The Kier molecular flexibility index (Phi) is 5.26. The molecule has 0 fully saturated rings. The fourth-order valence-electron chi connectivity index (χ4n) is 2.51. The third kappa shape index (κ3) is 3.49. The monoisotopic (exact) mass is 361 g/mol. The molecule has 0 aliphatic carbocycles. The molecular weight excluding hydrogens is 342 g/mol. The topological polar surface area (TPSA) is 48.5 Å². The highest BCUT2D eigenvalue weighted by Crippen LogP contribution is 2.27. The first-order chi connectivity index (χ1) is 11.6. The van der Waals surface area contributed by atoms with Crippen molar-refractivity contribution in [2.75, 3.05) is 0 Å². The summed E-state index contributed by atoms with van der Waals surface area (Å²) >= 11 is 7.68.